The fourth-order valence-corrected chi connectivity index (χ4v) is 7.68. The van der Waals surface area contributed by atoms with E-state index in [0.29, 0.717) is 18.4 Å². The van der Waals surface area contributed by atoms with Gasteiger partial charge in [0.2, 0.25) is 5.91 Å². The first-order chi connectivity index (χ1) is 16.1. The second-order valence-corrected chi connectivity index (χ2v) is 10.7. The van der Waals surface area contributed by atoms with Crippen LogP contribution in [0.4, 0.5) is 0 Å². The van der Waals surface area contributed by atoms with Crippen molar-refractivity contribution in [3.8, 4) is 5.75 Å². The molecule has 0 saturated heterocycles. The van der Waals surface area contributed by atoms with E-state index in [1.807, 2.05) is 12.3 Å². The summed E-state index contributed by atoms with van der Waals surface area (Å²) in [6.45, 7) is 0.668. The number of benzene rings is 2. The molecule has 7 rings (SSSR count). The Kier molecular flexibility index (Phi) is 4.93. The molecule has 2 aromatic carbocycles. The maximum Gasteiger partial charge on any atom is 0.226 e. The number of amides is 1. The van der Waals surface area contributed by atoms with Gasteiger partial charge in [0.05, 0.1) is 18.0 Å². The Morgan fingerprint density at radius 2 is 1.79 bits per heavy atom. The van der Waals surface area contributed by atoms with Gasteiger partial charge in [-0.1, -0.05) is 36.4 Å². The highest BCUT2D eigenvalue weighted by Gasteiger charge is 2.60. The van der Waals surface area contributed by atoms with Gasteiger partial charge in [-0.15, -0.1) is 0 Å². The molecular weight excluding hydrogens is 408 g/mol. The van der Waals surface area contributed by atoms with Crippen molar-refractivity contribution >= 4 is 16.8 Å². The first-order valence-corrected chi connectivity index (χ1v) is 12.3. The van der Waals surface area contributed by atoms with Crippen molar-refractivity contribution < 1.29 is 9.53 Å². The molecule has 33 heavy (non-hydrogen) atoms. The summed E-state index contributed by atoms with van der Waals surface area (Å²) >= 11 is 0. The van der Waals surface area contributed by atoms with Crippen LogP contribution in [0.1, 0.15) is 49.7 Å². The fraction of sp³-hybridized carbons (Fsp3) is 0.448. The molecule has 0 spiro atoms. The Balaban J connectivity index is 1.20. The smallest absolute Gasteiger partial charge is 0.226 e. The van der Waals surface area contributed by atoms with Crippen LogP contribution in [0.3, 0.4) is 0 Å². The summed E-state index contributed by atoms with van der Waals surface area (Å²) < 4.78 is 5.39. The SMILES string of the molecule is COc1ccc(C23C[C@@H]4C[C@@H](CC(C(=O)NCCc5cccc6cccnc56)(C4)C2)C3)cc1. The summed E-state index contributed by atoms with van der Waals surface area (Å²) in [5, 5.41) is 4.51. The van der Waals surface area contributed by atoms with Gasteiger partial charge < -0.3 is 10.1 Å². The Bertz CT molecular complexity index is 1170. The van der Waals surface area contributed by atoms with Crippen LogP contribution in [-0.4, -0.2) is 24.5 Å². The summed E-state index contributed by atoms with van der Waals surface area (Å²) in [7, 11) is 1.72. The second kappa shape index (κ2) is 7.86. The van der Waals surface area contributed by atoms with Gasteiger partial charge in [-0.05, 0) is 91.5 Å². The van der Waals surface area contributed by atoms with Crippen molar-refractivity contribution in [2.75, 3.05) is 13.7 Å². The van der Waals surface area contributed by atoms with Crippen LogP contribution in [0.15, 0.2) is 60.8 Å². The molecule has 3 aromatic rings. The van der Waals surface area contributed by atoms with E-state index in [2.05, 4.69) is 58.8 Å². The predicted octanol–water partition coefficient (Wildman–Crippen LogP) is 5.44. The molecule has 4 heteroatoms. The van der Waals surface area contributed by atoms with Crippen LogP contribution < -0.4 is 10.1 Å². The van der Waals surface area contributed by atoms with E-state index in [4.69, 9.17) is 4.74 Å². The van der Waals surface area contributed by atoms with Gasteiger partial charge >= 0.3 is 0 Å². The number of fused-ring (bicyclic) bond motifs is 1. The van der Waals surface area contributed by atoms with Gasteiger partial charge in [0.1, 0.15) is 5.75 Å². The molecule has 1 heterocycles. The molecule has 4 saturated carbocycles. The lowest BCUT2D eigenvalue weighted by atomic mass is 9.42. The number of aromatic nitrogens is 1. The lowest BCUT2D eigenvalue weighted by Crippen LogP contribution is -2.59. The van der Waals surface area contributed by atoms with E-state index >= 15 is 0 Å². The van der Waals surface area contributed by atoms with Crippen molar-refractivity contribution in [1.82, 2.24) is 10.3 Å². The quantitative estimate of drug-likeness (QED) is 0.555. The molecule has 4 fully saturated rings. The number of pyridine rings is 1. The third-order valence-corrected chi connectivity index (χ3v) is 8.64. The van der Waals surface area contributed by atoms with Crippen LogP contribution in [0.5, 0.6) is 5.75 Å². The van der Waals surface area contributed by atoms with Crippen LogP contribution in [0.25, 0.3) is 10.9 Å². The highest BCUT2D eigenvalue weighted by molar-refractivity contribution is 5.84. The van der Waals surface area contributed by atoms with Crippen LogP contribution in [0.2, 0.25) is 0 Å². The highest BCUT2D eigenvalue weighted by atomic mass is 16.5. The molecule has 1 aromatic heterocycles. The van der Waals surface area contributed by atoms with Crippen molar-refractivity contribution in [2.24, 2.45) is 17.3 Å². The van der Waals surface area contributed by atoms with Crippen molar-refractivity contribution in [3.63, 3.8) is 0 Å². The molecule has 4 aliphatic carbocycles. The average molecular weight is 441 g/mol. The van der Waals surface area contributed by atoms with Gasteiger partial charge in [0.25, 0.3) is 0 Å². The van der Waals surface area contributed by atoms with Crippen molar-refractivity contribution in [1.29, 1.82) is 0 Å². The monoisotopic (exact) mass is 440 g/mol. The summed E-state index contributed by atoms with van der Waals surface area (Å²) in [6.07, 6.45) is 9.52. The summed E-state index contributed by atoms with van der Waals surface area (Å²) in [5.74, 6) is 2.52. The van der Waals surface area contributed by atoms with Gasteiger partial charge in [-0.25, -0.2) is 0 Å². The lowest BCUT2D eigenvalue weighted by Gasteiger charge is -2.61. The summed E-state index contributed by atoms with van der Waals surface area (Å²) in [6, 6.07) is 19.0. The number of nitrogens with zero attached hydrogens (tertiary/aromatic N) is 1. The van der Waals surface area contributed by atoms with Crippen LogP contribution in [0, 0.1) is 17.3 Å². The number of carbonyl (C=O) groups is 1. The number of nitrogens with one attached hydrogen (secondary N) is 1. The molecular formula is C29H32N2O2. The number of methoxy groups -OCH3 is 1. The molecule has 4 nitrogen and oxygen atoms in total. The van der Waals surface area contributed by atoms with Gasteiger partial charge in [0.15, 0.2) is 0 Å². The molecule has 4 bridgehead atoms. The van der Waals surface area contributed by atoms with Crippen molar-refractivity contribution in [2.45, 2.75) is 50.4 Å². The van der Waals surface area contributed by atoms with Crippen LogP contribution in [-0.2, 0) is 16.6 Å². The predicted molar refractivity (Wildman–Crippen MR) is 130 cm³/mol. The first kappa shape index (κ1) is 20.7. The Morgan fingerprint density at radius 3 is 2.55 bits per heavy atom. The average Bonchev–Trinajstić information content (AvgIpc) is 2.83. The van der Waals surface area contributed by atoms with E-state index in [1.54, 1.807) is 7.11 Å². The minimum Gasteiger partial charge on any atom is -0.497 e. The number of ether oxygens (including phenoxy) is 1. The maximum absolute atomic E-state index is 13.7. The van der Waals surface area contributed by atoms with E-state index < -0.39 is 0 Å². The molecule has 1 amide bonds. The molecule has 1 N–H and O–H groups in total. The topological polar surface area (TPSA) is 51.2 Å². The molecule has 0 radical (unpaired) electrons. The third-order valence-electron chi connectivity index (χ3n) is 8.64. The van der Waals surface area contributed by atoms with E-state index in [1.165, 1.54) is 30.4 Å². The molecule has 2 unspecified atom stereocenters. The molecule has 0 aliphatic heterocycles. The van der Waals surface area contributed by atoms with Gasteiger partial charge in [-0.2, -0.15) is 0 Å². The zero-order valence-corrected chi connectivity index (χ0v) is 19.3. The second-order valence-electron chi connectivity index (χ2n) is 10.7. The van der Waals surface area contributed by atoms with Crippen molar-refractivity contribution in [3.05, 3.63) is 71.9 Å². The Morgan fingerprint density at radius 1 is 1.03 bits per heavy atom. The lowest BCUT2D eigenvalue weighted by molar-refractivity contribution is -0.149. The number of hydrogen-bond acceptors (Lipinski definition) is 3. The number of rotatable bonds is 6. The molecule has 4 atom stereocenters. The number of para-hydroxylation sites is 1. The maximum atomic E-state index is 13.7. The summed E-state index contributed by atoms with van der Waals surface area (Å²) in [5.41, 5.74) is 3.58. The normalized spacial score (nSPS) is 29.8. The van der Waals surface area contributed by atoms with E-state index in [-0.39, 0.29) is 16.7 Å². The third kappa shape index (κ3) is 3.51. The standard InChI is InChI=1S/C29H32N2O2/c1-33-25-9-7-24(8-10-25)28-15-20-14-21(16-28)18-29(17-20,19-28)27(32)31-13-11-23-5-2-4-22-6-3-12-30-26(22)23/h2-10,12,20-21H,11,13-19H2,1H3,(H,31,32)/t20-,21+,28?,29?. The van der Waals surface area contributed by atoms with E-state index in [9.17, 15) is 4.79 Å². The minimum atomic E-state index is -0.207. The van der Waals surface area contributed by atoms with Crippen LogP contribution >= 0.6 is 0 Å². The Labute approximate surface area is 195 Å². The Hall–Kier alpha value is -2.88. The van der Waals surface area contributed by atoms with Gasteiger partial charge in [0, 0.05) is 18.1 Å². The summed E-state index contributed by atoms with van der Waals surface area (Å²) in [4.78, 5) is 18.2. The van der Waals surface area contributed by atoms with E-state index in [0.717, 1.165) is 42.3 Å². The number of hydrogen-bond donors (Lipinski definition) is 1. The molecule has 170 valence electrons. The molecule has 4 aliphatic rings. The highest BCUT2D eigenvalue weighted by Crippen LogP contribution is 2.65. The first-order valence-electron chi connectivity index (χ1n) is 12.3. The number of carbonyl (C=O) groups excluding carboxylic acids is 1. The zero-order chi connectivity index (χ0) is 22.5. The zero-order valence-electron chi connectivity index (χ0n) is 19.3. The van der Waals surface area contributed by atoms with Gasteiger partial charge in [-0.3, -0.25) is 9.78 Å². The largest absolute Gasteiger partial charge is 0.497 e. The fourth-order valence-electron chi connectivity index (χ4n) is 7.68. The minimum absolute atomic E-state index is 0.146.